The van der Waals surface area contributed by atoms with Gasteiger partial charge in [0.2, 0.25) is 3.79 Å². The number of hydrogen-bond donors (Lipinski definition) is 3. The molecule has 0 aliphatic rings. The molecule has 1 aromatic heterocycles. The molecule has 0 bridgehead atoms. The molecule has 1 heterocycles. The van der Waals surface area contributed by atoms with E-state index in [9.17, 15) is 14.4 Å². The number of hydrogen-bond acceptors (Lipinski definition) is 6. The highest BCUT2D eigenvalue weighted by molar-refractivity contribution is 7.20. The fraction of sp³-hybridized carbons (Fsp3) is 0.208. The van der Waals surface area contributed by atoms with Crippen molar-refractivity contribution in [2.45, 2.75) is 23.8 Å². The Kier molecular flexibility index (Phi) is 9.02. The number of halogens is 3. The number of carbonyl (C=O) groups is 3. The van der Waals surface area contributed by atoms with Crippen LogP contribution in [0.3, 0.4) is 0 Å². The molecule has 0 saturated heterocycles. The maximum absolute atomic E-state index is 12.8. The van der Waals surface area contributed by atoms with E-state index in [1.807, 2.05) is 0 Å². The Morgan fingerprint density at radius 1 is 0.914 bits per heavy atom. The molecule has 35 heavy (non-hydrogen) atoms. The molecule has 7 nitrogen and oxygen atoms in total. The molecule has 0 aliphatic heterocycles. The molecule has 0 aliphatic carbocycles. The SMILES string of the molecule is CCOC(=O)c1c(N[C@H](NC(=O)c2ccccc2)C(Cl)(Cl)Cl)sc(NC(=O)c2ccccc2)c1C. The molecular weight excluding hydrogens is 533 g/mol. The molecule has 0 saturated carbocycles. The quantitative estimate of drug-likeness (QED) is 0.180. The van der Waals surface area contributed by atoms with Crippen LogP contribution >= 0.6 is 46.1 Å². The lowest BCUT2D eigenvalue weighted by Crippen LogP contribution is -2.49. The van der Waals surface area contributed by atoms with Gasteiger partial charge in [-0.25, -0.2) is 4.79 Å². The van der Waals surface area contributed by atoms with Crippen molar-refractivity contribution >= 4 is 73.9 Å². The topological polar surface area (TPSA) is 96.5 Å². The summed E-state index contributed by atoms with van der Waals surface area (Å²) < 4.78 is 3.21. The maximum atomic E-state index is 12.8. The highest BCUT2D eigenvalue weighted by atomic mass is 35.6. The molecule has 2 amide bonds. The number of amides is 2. The van der Waals surface area contributed by atoms with Crippen LogP contribution in [0.2, 0.25) is 0 Å². The summed E-state index contributed by atoms with van der Waals surface area (Å²) in [7, 11) is 0. The number of carbonyl (C=O) groups excluding carboxylic acids is 3. The summed E-state index contributed by atoms with van der Waals surface area (Å²) >= 11 is 19.5. The van der Waals surface area contributed by atoms with Crippen LogP contribution in [-0.2, 0) is 4.74 Å². The third kappa shape index (κ3) is 6.89. The van der Waals surface area contributed by atoms with E-state index >= 15 is 0 Å². The lowest BCUT2D eigenvalue weighted by Gasteiger charge is -2.27. The highest BCUT2D eigenvalue weighted by Gasteiger charge is 2.36. The van der Waals surface area contributed by atoms with E-state index in [2.05, 4.69) is 16.0 Å². The van der Waals surface area contributed by atoms with Gasteiger partial charge >= 0.3 is 5.97 Å². The van der Waals surface area contributed by atoms with Crippen molar-refractivity contribution in [3.05, 3.63) is 82.9 Å². The molecule has 3 N–H and O–H groups in total. The summed E-state index contributed by atoms with van der Waals surface area (Å²) in [6.07, 6.45) is -1.22. The average Bonchev–Trinajstić information content (AvgIpc) is 3.13. The Labute approximate surface area is 221 Å². The number of anilines is 2. The van der Waals surface area contributed by atoms with Crippen LogP contribution < -0.4 is 16.0 Å². The molecule has 184 valence electrons. The van der Waals surface area contributed by atoms with Crippen LogP contribution in [0.1, 0.15) is 43.6 Å². The molecule has 0 fully saturated rings. The van der Waals surface area contributed by atoms with E-state index in [4.69, 9.17) is 39.5 Å². The number of alkyl halides is 3. The van der Waals surface area contributed by atoms with E-state index in [0.29, 0.717) is 21.7 Å². The van der Waals surface area contributed by atoms with Gasteiger partial charge in [0.15, 0.2) is 0 Å². The Morgan fingerprint density at radius 2 is 1.46 bits per heavy atom. The van der Waals surface area contributed by atoms with Crippen molar-refractivity contribution in [2.24, 2.45) is 0 Å². The van der Waals surface area contributed by atoms with Crippen LogP contribution in [0.25, 0.3) is 0 Å². The van der Waals surface area contributed by atoms with Gasteiger partial charge in [-0.2, -0.15) is 0 Å². The lowest BCUT2D eigenvalue weighted by molar-refractivity contribution is 0.0527. The fourth-order valence-electron chi connectivity index (χ4n) is 3.08. The number of benzene rings is 2. The molecule has 1 atom stereocenters. The first-order valence-corrected chi connectivity index (χ1v) is 12.4. The third-order valence-corrected chi connectivity index (χ3v) is 6.60. The van der Waals surface area contributed by atoms with Crippen LogP contribution in [0, 0.1) is 6.92 Å². The second kappa shape index (κ2) is 11.8. The summed E-state index contributed by atoms with van der Waals surface area (Å²) in [6, 6.07) is 17.0. The predicted molar refractivity (Wildman–Crippen MR) is 141 cm³/mol. The summed E-state index contributed by atoms with van der Waals surface area (Å²) in [6.45, 7) is 3.48. The number of rotatable bonds is 8. The second-order valence-electron chi connectivity index (χ2n) is 7.26. The zero-order valence-electron chi connectivity index (χ0n) is 18.7. The van der Waals surface area contributed by atoms with Crippen molar-refractivity contribution in [1.29, 1.82) is 0 Å². The summed E-state index contributed by atoms with van der Waals surface area (Å²) in [5.41, 5.74) is 1.44. The Hall–Kier alpha value is -2.78. The number of ether oxygens (including phenoxy) is 1. The summed E-state index contributed by atoms with van der Waals surface area (Å²) in [5.74, 6) is -1.47. The fourth-order valence-corrected chi connectivity index (χ4v) is 4.53. The van der Waals surface area contributed by atoms with Crippen molar-refractivity contribution in [2.75, 3.05) is 17.2 Å². The van der Waals surface area contributed by atoms with Crippen molar-refractivity contribution in [1.82, 2.24) is 5.32 Å². The van der Waals surface area contributed by atoms with Gasteiger partial charge in [-0.05, 0) is 38.1 Å². The first-order valence-electron chi connectivity index (χ1n) is 10.5. The minimum Gasteiger partial charge on any atom is -0.462 e. The molecule has 2 aromatic carbocycles. The normalized spacial score (nSPS) is 11.9. The van der Waals surface area contributed by atoms with E-state index in [0.717, 1.165) is 11.3 Å². The Morgan fingerprint density at radius 3 is 1.97 bits per heavy atom. The minimum atomic E-state index is -1.98. The molecular formula is C24H22Cl3N3O4S. The third-order valence-electron chi connectivity index (χ3n) is 4.80. The monoisotopic (exact) mass is 553 g/mol. The van der Waals surface area contributed by atoms with E-state index < -0.39 is 21.8 Å². The molecule has 0 unspecified atom stereocenters. The molecule has 3 aromatic rings. The van der Waals surface area contributed by atoms with Crippen LogP contribution in [0.15, 0.2) is 60.7 Å². The van der Waals surface area contributed by atoms with E-state index in [1.165, 1.54) is 0 Å². The Bertz CT molecular complexity index is 1200. The van der Waals surface area contributed by atoms with Crippen molar-refractivity contribution in [3.63, 3.8) is 0 Å². The van der Waals surface area contributed by atoms with Gasteiger partial charge in [0.1, 0.15) is 16.2 Å². The first-order chi connectivity index (χ1) is 16.6. The zero-order chi connectivity index (χ0) is 25.6. The smallest absolute Gasteiger partial charge is 0.341 e. The largest absolute Gasteiger partial charge is 0.462 e. The van der Waals surface area contributed by atoms with Crippen molar-refractivity contribution in [3.8, 4) is 0 Å². The van der Waals surface area contributed by atoms with Crippen LogP contribution in [0.5, 0.6) is 0 Å². The van der Waals surface area contributed by atoms with Crippen molar-refractivity contribution < 1.29 is 19.1 Å². The predicted octanol–water partition coefficient (Wildman–Crippen LogP) is 6.02. The van der Waals surface area contributed by atoms with Gasteiger partial charge in [0.05, 0.1) is 12.2 Å². The number of thiophene rings is 1. The first kappa shape index (κ1) is 26.8. The zero-order valence-corrected chi connectivity index (χ0v) is 21.8. The molecule has 11 heteroatoms. The second-order valence-corrected chi connectivity index (χ2v) is 10.6. The molecule has 0 spiro atoms. The molecule has 0 radical (unpaired) electrons. The number of esters is 1. The highest BCUT2D eigenvalue weighted by Crippen LogP contribution is 2.40. The van der Waals surface area contributed by atoms with E-state index in [-0.39, 0.29) is 23.1 Å². The number of nitrogens with one attached hydrogen (secondary N) is 3. The molecule has 3 rings (SSSR count). The average molecular weight is 555 g/mol. The van der Waals surface area contributed by atoms with Gasteiger partial charge in [0, 0.05) is 16.7 Å². The van der Waals surface area contributed by atoms with E-state index in [1.54, 1.807) is 74.5 Å². The van der Waals surface area contributed by atoms with Gasteiger partial charge in [-0.3, -0.25) is 9.59 Å². The summed E-state index contributed by atoms with van der Waals surface area (Å²) in [5, 5.41) is 9.05. The lowest BCUT2D eigenvalue weighted by atomic mass is 10.1. The van der Waals surface area contributed by atoms with Crippen LogP contribution in [-0.4, -0.2) is 34.3 Å². The maximum Gasteiger partial charge on any atom is 0.341 e. The van der Waals surface area contributed by atoms with Crippen LogP contribution in [0.4, 0.5) is 10.0 Å². The summed E-state index contributed by atoms with van der Waals surface area (Å²) in [4.78, 5) is 38.2. The Balaban J connectivity index is 1.94. The van der Waals surface area contributed by atoms with Gasteiger partial charge in [-0.15, -0.1) is 0 Å². The minimum absolute atomic E-state index is 0.137. The van der Waals surface area contributed by atoms with Gasteiger partial charge in [0.25, 0.3) is 11.8 Å². The standard InChI is InChI=1S/C24H22Cl3N3O4S/c1-3-34-22(33)17-14(2)20(28-18(31)15-10-6-4-7-11-15)35-21(17)30-23(24(25,26)27)29-19(32)16-12-8-5-9-13-16/h4-13,23,30H,3H2,1-2H3,(H,28,31)(H,29,32)/t23-/m0/s1. The van der Waals surface area contributed by atoms with Gasteiger partial charge < -0.3 is 20.7 Å². The van der Waals surface area contributed by atoms with Gasteiger partial charge in [-0.1, -0.05) is 82.5 Å².